The number of hydrogen-bond acceptors (Lipinski definition) is 4. The van der Waals surface area contributed by atoms with Gasteiger partial charge in [-0.3, -0.25) is 4.79 Å². The smallest absolute Gasteiger partial charge is 0.323 e. The van der Waals surface area contributed by atoms with Crippen LogP contribution in [0.4, 0.5) is 0 Å². The van der Waals surface area contributed by atoms with Crippen LogP contribution in [-0.2, 0) is 21.2 Å². The van der Waals surface area contributed by atoms with E-state index in [1.165, 1.54) is 16.1 Å². The third kappa shape index (κ3) is 2.42. The molecule has 0 fully saturated rings. The molecule has 0 saturated carbocycles. The summed E-state index contributed by atoms with van der Waals surface area (Å²) in [6.45, 7) is 3.52. The summed E-state index contributed by atoms with van der Waals surface area (Å²) in [6, 6.07) is 1.71. The third-order valence-electron chi connectivity index (χ3n) is 3.55. The number of sulfonamides is 1. The van der Waals surface area contributed by atoms with E-state index in [1.807, 2.05) is 18.4 Å². The number of nitrogens with zero attached hydrogens (tertiary/aromatic N) is 1. The second kappa shape index (κ2) is 5.22. The van der Waals surface area contributed by atoms with E-state index in [2.05, 4.69) is 0 Å². The lowest BCUT2D eigenvalue weighted by Gasteiger charge is -2.35. The van der Waals surface area contributed by atoms with Crippen molar-refractivity contribution in [3.8, 4) is 0 Å². The molecule has 2 unspecified atom stereocenters. The van der Waals surface area contributed by atoms with Gasteiger partial charge in [0.15, 0.2) is 5.25 Å². The van der Waals surface area contributed by atoms with Crippen LogP contribution in [0, 0.1) is 0 Å². The van der Waals surface area contributed by atoms with Crippen LogP contribution < -0.4 is 0 Å². The molecule has 0 bridgehead atoms. The average molecular weight is 303 g/mol. The summed E-state index contributed by atoms with van der Waals surface area (Å²) in [5.74, 6) is -1.30. The summed E-state index contributed by atoms with van der Waals surface area (Å²) in [7, 11) is -3.80. The predicted octanol–water partition coefficient (Wildman–Crippen LogP) is 1.86. The highest BCUT2D eigenvalue weighted by Crippen LogP contribution is 2.37. The van der Waals surface area contributed by atoms with Crippen molar-refractivity contribution in [2.24, 2.45) is 0 Å². The molecule has 0 aromatic carbocycles. The fourth-order valence-electron chi connectivity index (χ4n) is 2.43. The fourth-order valence-corrected chi connectivity index (χ4v) is 4.98. The molecule has 1 aromatic rings. The van der Waals surface area contributed by atoms with Crippen molar-refractivity contribution in [1.29, 1.82) is 0 Å². The molecule has 0 radical (unpaired) electrons. The van der Waals surface area contributed by atoms with Crippen LogP contribution in [0.15, 0.2) is 11.4 Å². The molecule has 5 nitrogen and oxygen atoms in total. The number of rotatable bonds is 4. The lowest BCUT2D eigenvalue weighted by Crippen LogP contribution is -2.45. The third-order valence-corrected chi connectivity index (χ3v) is 6.74. The Bertz CT molecular complexity index is 578. The van der Waals surface area contributed by atoms with Gasteiger partial charge in [-0.2, -0.15) is 4.31 Å². The zero-order valence-electron chi connectivity index (χ0n) is 10.9. The van der Waals surface area contributed by atoms with Crippen LogP contribution in [0.3, 0.4) is 0 Å². The Balaban J connectivity index is 2.39. The fraction of sp³-hybridized carbons (Fsp3) is 0.583. The molecule has 2 rings (SSSR count). The van der Waals surface area contributed by atoms with Crippen molar-refractivity contribution in [1.82, 2.24) is 4.31 Å². The number of carboxylic acid groups (broad SMARTS) is 1. The molecule has 0 spiro atoms. The average Bonchev–Trinajstić information content (AvgIpc) is 2.84. The monoisotopic (exact) mass is 303 g/mol. The van der Waals surface area contributed by atoms with Crippen LogP contribution in [0.1, 0.15) is 36.8 Å². The molecule has 0 aliphatic carbocycles. The Morgan fingerprint density at radius 1 is 1.63 bits per heavy atom. The Kier molecular flexibility index (Phi) is 3.98. The maximum Gasteiger partial charge on any atom is 0.323 e. The highest BCUT2D eigenvalue weighted by atomic mass is 32.2. The molecule has 1 N–H and O–H groups in total. The van der Waals surface area contributed by atoms with E-state index in [9.17, 15) is 13.2 Å². The Hall–Kier alpha value is -0.920. The number of thiophene rings is 1. The lowest BCUT2D eigenvalue weighted by atomic mass is 10.0. The maximum absolute atomic E-state index is 12.4. The predicted molar refractivity (Wildman–Crippen MR) is 73.8 cm³/mol. The number of carbonyl (C=O) groups is 1. The highest BCUT2D eigenvalue weighted by Gasteiger charge is 2.40. The van der Waals surface area contributed by atoms with E-state index in [-0.39, 0.29) is 6.04 Å². The lowest BCUT2D eigenvalue weighted by molar-refractivity contribution is -0.136. The van der Waals surface area contributed by atoms with Crippen molar-refractivity contribution in [3.63, 3.8) is 0 Å². The van der Waals surface area contributed by atoms with Gasteiger partial charge in [0.1, 0.15) is 0 Å². The summed E-state index contributed by atoms with van der Waals surface area (Å²) in [6.07, 6.45) is 1.31. The van der Waals surface area contributed by atoms with Crippen LogP contribution in [0.5, 0.6) is 0 Å². The molecular weight excluding hydrogens is 286 g/mol. The van der Waals surface area contributed by atoms with Gasteiger partial charge in [-0.1, -0.05) is 6.92 Å². The second-order valence-corrected chi connectivity index (χ2v) is 7.82. The Morgan fingerprint density at radius 3 is 2.89 bits per heavy atom. The zero-order valence-corrected chi connectivity index (χ0v) is 12.5. The number of carboxylic acids is 1. The number of aliphatic carboxylic acids is 1. The maximum atomic E-state index is 12.4. The summed E-state index contributed by atoms with van der Waals surface area (Å²) < 4.78 is 26.1. The van der Waals surface area contributed by atoms with E-state index >= 15 is 0 Å². The van der Waals surface area contributed by atoms with E-state index in [4.69, 9.17) is 5.11 Å². The SMILES string of the molecule is CCC1c2ccsc2CCN1S(=O)(=O)C(C)C(=O)O. The minimum Gasteiger partial charge on any atom is -0.480 e. The molecule has 1 aliphatic rings. The minimum atomic E-state index is -3.80. The normalized spacial score (nSPS) is 21.9. The molecule has 0 amide bonds. The van der Waals surface area contributed by atoms with Crippen LogP contribution in [0.2, 0.25) is 0 Å². The number of hydrogen-bond donors (Lipinski definition) is 1. The minimum absolute atomic E-state index is 0.234. The van der Waals surface area contributed by atoms with Gasteiger partial charge in [0, 0.05) is 11.4 Å². The molecule has 19 heavy (non-hydrogen) atoms. The van der Waals surface area contributed by atoms with E-state index in [1.54, 1.807) is 11.3 Å². The van der Waals surface area contributed by atoms with Gasteiger partial charge < -0.3 is 5.11 Å². The van der Waals surface area contributed by atoms with Crippen LogP contribution in [0.25, 0.3) is 0 Å². The second-order valence-electron chi connectivity index (χ2n) is 4.61. The van der Waals surface area contributed by atoms with Gasteiger partial charge in [0.2, 0.25) is 10.0 Å². The number of fused-ring (bicyclic) bond motifs is 1. The molecule has 2 atom stereocenters. The van der Waals surface area contributed by atoms with Gasteiger partial charge in [-0.25, -0.2) is 8.42 Å². The molecule has 1 aliphatic heterocycles. The van der Waals surface area contributed by atoms with E-state index in [0.29, 0.717) is 19.4 Å². The summed E-state index contributed by atoms with van der Waals surface area (Å²) in [4.78, 5) is 12.2. The van der Waals surface area contributed by atoms with Crippen molar-refractivity contribution >= 4 is 27.3 Å². The first-order valence-corrected chi connectivity index (χ1v) is 8.57. The van der Waals surface area contributed by atoms with Crippen molar-refractivity contribution in [2.45, 2.75) is 38.0 Å². The molecule has 0 saturated heterocycles. The van der Waals surface area contributed by atoms with Gasteiger partial charge in [0.05, 0.1) is 6.04 Å². The quantitative estimate of drug-likeness (QED) is 0.921. The largest absolute Gasteiger partial charge is 0.480 e. The van der Waals surface area contributed by atoms with Crippen molar-refractivity contribution in [3.05, 3.63) is 21.9 Å². The standard InChI is InChI=1S/C12H17NO4S2/c1-3-10-9-5-7-18-11(9)4-6-13(10)19(16,17)8(2)12(14)15/h5,7-8,10H,3-4,6H2,1-2H3,(H,14,15). The first-order chi connectivity index (χ1) is 8.89. The van der Waals surface area contributed by atoms with Crippen molar-refractivity contribution in [2.75, 3.05) is 6.54 Å². The zero-order chi connectivity index (χ0) is 14.2. The van der Waals surface area contributed by atoms with E-state index < -0.39 is 21.2 Å². The van der Waals surface area contributed by atoms with Crippen LogP contribution >= 0.6 is 11.3 Å². The van der Waals surface area contributed by atoms with Gasteiger partial charge in [0.25, 0.3) is 0 Å². The molecule has 1 aromatic heterocycles. The highest BCUT2D eigenvalue weighted by molar-refractivity contribution is 7.90. The Morgan fingerprint density at radius 2 is 2.32 bits per heavy atom. The van der Waals surface area contributed by atoms with Crippen molar-refractivity contribution < 1.29 is 18.3 Å². The molecular formula is C12H17NO4S2. The van der Waals surface area contributed by atoms with Gasteiger partial charge >= 0.3 is 5.97 Å². The summed E-state index contributed by atoms with van der Waals surface area (Å²) in [5.41, 5.74) is 1.03. The first-order valence-electron chi connectivity index (χ1n) is 6.19. The van der Waals surface area contributed by atoms with Gasteiger partial charge in [-0.05, 0) is 36.8 Å². The summed E-state index contributed by atoms with van der Waals surface area (Å²) in [5, 5.41) is 9.52. The molecule has 7 heteroatoms. The van der Waals surface area contributed by atoms with Gasteiger partial charge in [-0.15, -0.1) is 11.3 Å². The summed E-state index contributed by atoms with van der Waals surface area (Å²) >= 11 is 1.63. The first kappa shape index (κ1) is 14.5. The Labute approximate surface area is 116 Å². The molecule has 2 heterocycles. The van der Waals surface area contributed by atoms with E-state index in [0.717, 1.165) is 5.56 Å². The van der Waals surface area contributed by atoms with Crippen LogP contribution in [-0.4, -0.2) is 35.6 Å². The molecule has 106 valence electrons. The topological polar surface area (TPSA) is 74.7 Å².